The summed E-state index contributed by atoms with van der Waals surface area (Å²) in [6.45, 7) is 8.52. The Hall–Kier alpha value is -1.89. The van der Waals surface area contributed by atoms with E-state index < -0.39 is 11.7 Å². The molecule has 0 fully saturated rings. The molecule has 0 atom stereocenters. The Morgan fingerprint density at radius 1 is 1.33 bits per heavy atom. The van der Waals surface area contributed by atoms with Gasteiger partial charge in [0.25, 0.3) is 0 Å². The summed E-state index contributed by atoms with van der Waals surface area (Å²) in [6.07, 6.45) is 1.40. The molecule has 1 N–H and O–H groups in total. The SMILES string of the molecule is Cc1ccc(-c2cc(CBr)n(CCNC(=O)OC(C)(C)C)n2)nc1. The van der Waals surface area contributed by atoms with Crippen LogP contribution in [-0.2, 0) is 16.6 Å². The van der Waals surface area contributed by atoms with Crippen LogP contribution in [-0.4, -0.2) is 33.0 Å². The number of pyridine rings is 1. The minimum absolute atomic E-state index is 0.421. The summed E-state index contributed by atoms with van der Waals surface area (Å²) in [6, 6.07) is 5.97. The van der Waals surface area contributed by atoms with Crippen molar-refractivity contribution in [2.75, 3.05) is 6.54 Å². The summed E-state index contributed by atoms with van der Waals surface area (Å²) in [5.74, 6) is 0. The molecule has 2 aromatic heterocycles. The van der Waals surface area contributed by atoms with Crippen molar-refractivity contribution >= 4 is 22.0 Å². The van der Waals surface area contributed by atoms with Crippen LogP contribution in [0.4, 0.5) is 4.79 Å². The molecule has 2 aromatic rings. The molecule has 24 heavy (non-hydrogen) atoms. The smallest absolute Gasteiger partial charge is 0.407 e. The van der Waals surface area contributed by atoms with Crippen LogP contribution in [0.1, 0.15) is 32.0 Å². The lowest BCUT2D eigenvalue weighted by molar-refractivity contribution is 0.0525. The summed E-state index contributed by atoms with van der Waals surface area (Å²) < 4.78 is 7.08. The number of ether oxygens (including phenoxy) is 1. The van der Waals surface area contributed by atoms with Crippen molar-refractivity contribution in [3.8, 4) is 11.4 Å². The Morgan fingerprint density at radius 3 is 2.67 bits per heavy atom. The van der Waals surface area contributed by atoms with E-state index in [1.165, 1.54) is 0 Å². The molecule has 0 radical (unpaired) electrons. The van der Waals surface area contributed by atoms with E-state index in [1.54, 1.807) is 0 Å². The first-order valence-electron chi connectivity index (χ1n) is 7.81. The van der Waals surface area contributed by atoms with E-state index in [-0.39, 0.29) is 0 Å². The second kappa shape index (κ2) is 7.79. The normalized spacial score (nSPS) is 11.4. The fourth-order valence-electron chi connectivity index (χ4n) is 2.08. The van der Waals surface area contributed by atoms with E-state index in [0.717, 1.165) is 22.6 Å². The lowest BCUT2D eigenvalue weighted by Crippen LogP contribution is -2.34. The maximum absolute atomic E-state index is 11.7. The molecule has 0 saturated carbocycles. The third-order valence-corrected chi connectivity index (χ3v) is 3.74. The molecule has 0 spiro atoms. The molecule has 7 heteroatoms. The molecule has 130 valence electrons. The van der Waals surface area contributed by atoms with Crippen LogP contribution in [0, 0.1) is 6.92 Å². The number of alkyl halides is 1. The molecular weight excluding hydrogens is 372 g/mol. The van der Waals surface area contributed by atoms with Gasteiger partial charge in [-0.05, 0) is 45.4 Å². The average molecular weight is 395 g/mol. The monoisotopic (exact) mass is 394 g/mol. The number of nitrogens with zero attached hydrogens (tertiary/aromatic N) is 3. The van der Waals surface area contributed by atoms with Gasteiger partial charge in [-0.25, -0.2) is 4.79 Å². The maximum Gasteiger partial charge on any atom is 0.407 e. The van der Waals surface area contributed by atoms with Crippen molar-refractivity contribution in [1.82, 2.24) is 20.1 Å². The maximum atomic E-state index is 11.7. The fraction of sp³-hybridized carbons (Fsp3) is 0.471. The first kappa shape index (κ1) is 18.4. The van der Waals surface area contributed by atoms with Gasteiger partial charge in [-0.2, -0.15) is 5.10 Å². The number of hydrogen-bond donors (Lipinski definition) is 1. The lowest BCUT2D eigenvalue weighted by Gasteiger charge is -2.19. The predicted octanol–water partition coefficient (Wildman–Crippen LogP) is 3.67. The number of nitrogens with one attached hydrogen (secondary N) is 1. The van der Waals surface area contributed by atoms with Crippen LogP contribution in [0.3, 0.4) is 0 Å². The Balaban J connectivity index is 2.00. The van der Waals surface area contributed by atoms with Crippen molar-refractivity contribution in [3.05, 3.63) is 35.7 Å². The number of rotatable bonds is 5. The summed E-state index contributed by atoms with van der Waals surface area (Å²) >= 11 is 3.47. The quantitative estimate of drug-likeness (QED) is 0.785. The second-order valence-corrected chi connectivity index (χ2v) is 7.09. The van der Waals surface area contributed by atoms with Crippen molar-refractivity contribution in [2.24, 2.45) is 0 Å². The van der Waals surface area contributed by atoms with Gasteiger partial charge in [0.1, 0.15) is 11.3 Å². The van der Waals surface area contributed by atoms with Crippen LogP contribution in [0.15, 0.2) is 24.4 Å². The second-order valence-electron chi connectivity index (χ2n) is 6.53. The third-order valence-electron chi connectivity index (χ3n) is 3.17. The fourth-order valence-corrected chi connectivity index (χ4v) is 2.53. The Kier molecular flexibility index (Phi) is 5.99. The minimum atomic E-state index is -0.499. The number of alkyl carbamates (subject to hydrolysis) is 1. The predicted molar refractivity (Wildman–Crippen MR) is 97.1 cm³/mol. The van der Waals surface area contributed by atoms with Crippen LogP contribution in [0.5, 0.6) is 0 Å². The van der Waals surface area contributed by atoms with E-state index >= 15 is 0 Å². The van der Waals surface area contributed by atoms with Gasteiger partial charge in [-0.3, -0.25) is 9.67 Å². The number of hydrogen-bond acceptors (Lipinski definition) is 4. The van der Waals surface area contributed by atoms with E-state index in [0.29, 0.717) is 18.4 Å². The number of halogens is 1. The van der Waals surface area contributed by atoms with Gasteiger partial charge in [0, 0.05) is 23.8 Å². The molecule has 1 amide bonds. The van der Waals surface area contributed by atoms with Gasteiger partial charge in [0.2, 0.25) is 0 Å². The van der Waals surface area contributed by atoms with E-state index in [1.807, 2.05) is 56.8 Å². The van der Waals surface area contributed by atoms with Gasteiger partial charge in [0.15, 0.2) is 0 Å². The highest BCUT2D eigenvalue weighted by Crippen LogP contribution is 2.18. The lowest BCUT2D eigenvalue weighted by atomic mass is 10.2. The number of aryl methyl sites for hydroxylation is 1. The molecule has 0 aromatic carbocycles. The Morgan fingerprint density at radius 2 is 2.08 bits per heavy atom. The van der Waals surface area contributed by atoms with Gasteiger partial charge in [0.05, 0.1) is 12.2 Å². The molecule has 0 bridgehead atoms. The largest absolute Gasteiger partial charge is 0.444 e. The van der Waals surface area contributed by atoms with E-state index in [2.05, 4.69) is 31.3 Å². The van der Waals surface area contributed by atoms with Crippen LogP contribution >= 0.6 is 15.9 Å². The molecule has 0 saturated heterocycles. The zero-order valence-corrected chi connectivity index (χ0v) is 16.1. The Bertz CT molecular complexity index is 690. The molecule has 0 aliphatic heterocycles. The molecule has 6 nitrogen and oxygen atoms in total. The van der Waals surface area contributed by atoms with Crippen molar-refractivity contribution in [2.45, 2.75) is 45.2 Å². The minimum Gasteiger partial charge on any atom is -0.444 e. The van der Waals surface area contributed by atoms with E-state index in [4.69, 9.17) is 4.74 Å². The number of carbonyl (C=O) groups excluding carboxylic acids is 1. The van der Waals surface area contributed by atoms with Crippen molar-refractivity contribution in [3.63, 3.8) is 0 Å². The summed E-state index contributed by atoms with van der Waals surface area (Å²) in [7, 11) is 0. The molecule has 2 rings (SSSR count). The molecule has 2 heterocycles. The molecule has 0 aliphatic carbocycles. The highest BCUT2D eigenvalue weighted by atomic mass is 79.9. The first-order valence-corrected chi connectivity index (χ1v) is 8.93. The van der Waals surface area contributed by atoms with Gasteiger partial charge < -0.3 is 10.1 Å². The van der Waals surface area contributed by atoms with Gasteiger partial charge in [-0.1, -0.05) is 22.0 Å². The zero-order valence-electron chi connectivity index (χ0n) is 14.5. The van der Waals surface area contributed by atoms with Crippen molar-refractivity contribution in [1.29, 1.82) is 0 Å². The number of aromatic nitrogens is 3. The van der Waals surface area contributed by atoms with Crippen LogP contribution in [0.2, 0.25) is 0 Å². The first-order chi connectivity index (χ1) is 11.3. The van der Waals surface area contributed by atoms with Crippen LogP contribution in [0.25, 0.3) is 11.4 Å². The molecule has 0 unspecified atom stereocenters. The highest BCUT2D eigenvalue weighted by molar-refractivity contribution is 9.08. The van der Waals surface area contributed by atoms with Crippen molar-refractivity contribution < 1.29 is 9.53 Å². The van der Waals surface area contributed by atoms with Gasteiger partial charge >= 0.3 is 6.09 Å². The molecule has 0 aliphatic rings. The van der Waals surface area contributed by atoms with Gasteiger partial charge in [-0.15, -0.1) is 0 Å². The molecular formula is C17H23BrN4O2. The number of carbonyl (C=O) groups is 1. The Labute approximate surface area is 150 Å². The van der Waals surface area contributed by atoms with Crippen LogP contribution < -0.4 is 5.32 Å². The highest BCUT2D eigenvalue weighted by Gasteiger charge is 2.16. The van der Waals surface area contributed by atoms with E-state index in [9.17, 15) is 4.79 Å². The summed E-state index contributed by atoms with van der Waals surface area (Å²) in [5.41, 5.74) is 3.29. The summed E-state index contributed by atoms with van der Waals surface area (Å²) in [5, 5.41) is 8.01. The zero-order chi connectivity index (χ0) is 17.7. The summed E-state index contributed by atoms with van der Waals surface area (Å²) in [4.78, 5) is 16.1. The average Bonchev–Trinajstić information content (AvgIpc) is 2.89. The third kappa shape index (κ3) is 5.33. The standard InChI is InChI=1S/C17H23BrN4O2/c1-12-5-6-14(20-11-12)15-9-13(10-18)22(21-15)8-7-19-16(23)24-17(2,3)4/h5-6,9,11H,7-8,10H2,1-4H3,(H,19,23). The topological polar surface area (TPSA) is 69.0 Å². The number of amides is 1.